The molecule has 1 saturated heterocycles. The molecule has 1 aliphatic heterocycles. The number of amides is 2. The fourth-order valence-corrected chi connectivity index (χ4v) is 5.48. The minimum atomic E-state index is -3.72. The van der Waals surface area contributed by atoms with Crippen molar-refractivity contribution in [1.29, 1.82) is 0 Å². The van der Waals surface area contributed by atoms with Crippen molar-refractivity contribution >= 4 is 27.5 Å². The highest BCUT2D eigenvalue weighted by Gasteiger charge is 2.32. The summed E-state index contributed by atoms with van der Waals surface area (Å²) in [5.74, 6) is -0.536. The number of anilines is 1. The van der Waals surface area contributed by atoms with E-state index in [0.29, 0.717) is 35.9 Å². The van der Waals surface area contributed by atoms with Crippen molar-refractivity contribution in [2.24, 2.45) is 0 Å². The number of aryl methyl sites for hydroxylation is 1. The van der Waals surface area contributed by atoms with Crippen LogP contribution in [0, 0.1) is 13.8 Å². The van der Waals surface area contributed by atoms with Crippen molar-refractivity contribution in [2.75, 3.05) is 31.6 Å². The Morgan fingerprint density at radius 1 is 1.19 bits per heavy atom. The van der Waals surface area contributed by atoms with Gasteiger partial charge in [0.25, 0.3) is 5.91 Å². The second kappa shape index (κ2) is 9.00. The Balaban J connectivity index is 1.46. The Hall–Kier alpha value is -2.76. The molecular weight excluding hydrogens is 434 g/mol. The maximum atomic E-state index is 13.1. The summed E-state index contributed by atoms with van der Waals surface area (Å²) in [5.41, 5.74) is 1.71. The van der Waals surface area contributed by atoms with Crippen LogP contribution in [0.3, 0.4) is 0 Å². The molecule has 0 bridgehead atoms. The molecule has 4 rings (SSSR count). The van der Waals surface area contributed by atoms with Gasteiger partial charge in [-0.2, -0.15) is 9.40 Å². The first-order chi connectivity index (χ1) is 15.3. The molecule has 0 unspecified atom stereocenters. The smallest absolute Gasteiger partial charge is 0.251 e. The molecule has 1 saturated carbocycles. The molecule has 11 heteroatoms. The lowest BCUT2D eigenvalue weighted by Crippen LogP contribution is -2.41. The molecule has 2 fully saturated rings. The van der Waals surface area contributed by atoms with Gasteiger partial charge in [0.05, 0.1) is 24.6 Å². The predicted molar refractivity (Wildman–Crippen MR) is 117 cm³/mol. The van der Waals surface area contributed by atoms with Gasteiger partial charge in [-0.3, -0.25) is 14.3 Å². The maximum absolute atomic E-state index is 13.1. The number of nitrogens with zero attached hydrogens (tertiary/aromatic N) is 3. The molecule has 0 spiro atoms. The molecule has 1 aliphatic carbocycles. The van der Waals surface area contributed by atoms with E-state index in [1.54, 1.807) is 38.1 Å². The SMILES string of the molecule is Cc1nn(CC(=O)Nc2cccc(C(=O)NC3CC3)c2)c(C)c1S(=O)(=O)N1CCOCC1. The quantitative estimate of drug-likeness (QED) is 0.636. The van der Waals surface area contributed by atoms with Crippen molar-refractivity contribution in [1.82, 2.24) is 19.4 Å². The molecule has 0 radical (unpaired) electrons. The number of morpholine rings is 1. The lowest BCUT2D eigenvalue weighted by Gasteiger charge is -2.26. The van der Waals surface area contributed by atoms with Crippen LogP contribution in [0.4, 0.5) is 5.69 Å². The van der Waals surface area contributed by atoms with Gasteiger partial charge in [-0.25, -0.2) is 8.42 Å². The van der Waals surface area contributed by atoms with E-state index in [1.807, 2.05) is 0 Å². The number of hydrogen-bond acceptors (Lipinski definition) is 6. The first-order valence-electron chi connectivity index (χ1n) is 10.6. The number of aromatic nitrogens is 2. The summed E-state index contributed by atoms with van der Waals surface area (Å²) in [7, 11) is -3.72. The number of ether oxygens (including phenoxy) is 1. The van der Waals surface area contributed by atoms with E-state index in [-0.39, 0.29) is 42.4 Å². The molecule has 2 aromatic rings. The van der Waals surface area contributed by atoms with Crippen molar-refractivity contribution in [2.45, 2.75) is 44.2 Å². The number of hydrogen-bond donors (Lipinski definition) is 2. The molecule has 1 aromatic carbocycles. The second-order valence-electron chi connectivity index (χ2n) is 8.05. The van der Waals surface area contributed by atoms with Crippen LogP contribution >= 0.6 is 0 Å². The number of nitrogens with one attached hydrogen (secondary N) is 2. The van der Waals surface area contributed by atoms with Gasteiger partial charge in [0, 0.05) is 30.4 Å². The fourth-order valence-electron chi connectivity index (χ4n) is 3.69. The predicted octanol–water partition coefficient (Wildman–Crippen LogP) is 1.05. The largest absolute Gasteiger partial charge is 0.379 e. The van der Waals surface area contributed by atoms with Crippen LogP contribution in [0.2, 0.25) is 0 Å². The molecule has 10 nitrogen and oxygen atoms in total. The average Bonchev–Trinajstić information content (AvgIpc) is 3.52. The molecule has 1 aromatic heterocycles. The molecule has 2 N–H and O–H groups in total. The van der Waals surface area contributed by atoms with E-state index >= 15 is 0 Å². The van der Waals surface area contributed by atoms with Crippen LogP contribution < -0.4 is 10.6 Å². The van der Waals surface area contributed by atoms with E-state index < -0.39 is 10.0 Å². The van der Waals surface area contributed by atoms with E-state index in [9.17, 15) is 18.0 Å². The first-order valence-corrected chi connectivity index (χ1v) is 12.0. The number of sulfonamides is 1. The van der Waals surface area contributed by atoms with E-state index in [4.69, 9.17) is 4.74 Å². The van der Waals surface area contributed by atoms with Gasteiger partial charge in [-0.15, -0.1) is 0 Å². The Labute approximate surface area is 187 Å². The molecule has 0 atom stereocenters. The molecule has 32 heavy (non-hydrogen) atoms. The van der Waals surface area contributed by atoms with Crippen LogP contribution in [0.5, 0.6) is 0 Å². The number of carbonyl (C=O) groups excluding carboxylic acids is 2. The lowest BCUT2D eigenvalue weighted by atomic mass is 10.2. The molecule has 2 heterocycles. The van der Waals surface area contributed by atoms with Crippen molar-refractivity contribution in [3.05, 3.63) is 41.2 Å². The highest BCUT2D eigenvalue weighted by molar-refractivity contribution is 7.89. The van der Waals surface area contributed by atoms with Gasteiger partial charge in [-0.05, 0) is 44.9 Å². The average molecular weight is 462 g/mol. The zero-order valence-corrected chi connectivity index (χ0v) is 18.9. The minimum absolute atomic E-state index is 0.131. The lowest BCUT2D eigenvalue weighted by molar-refractivity contribution is -0.116. The van der Waals surface area contributed by atoms with Gasteiger partial charge < -0.3 is 15.4 Å². The highest BCUT2D eigenvalue weighted by Crippen LogP contribution is 2.24. The minimum Gasteiger partial charge on any atom is -0.379 e. The van der Waals surface area contributed by atoms with Crippen LogP contribution in [-0.4, -0.2) is 66.7 Å². The summed E-state index contributed by atoms with van der Waals surface area (Å²) in [6.45, 7) is 4.40. The van der Waals surface area contributed by atoms with Crippen molar-refractivity contribution < 1.29 is 22.7 Å². The Bertz CT molecular complexity index is 1130. The van der Waals surface area contributed by atoms with Crippen LogP contribution in [0.1, 0.15) is 34.6 Å². The molecule has 2 aliphatic rings. The van der Waals surface area contributed by atoms with Crippen LogP contribution in [-0.2, 0) is 26.1 Å². The first kappa shape index (κ1) is 22.4. The Kier molecular flexibility index (Phi) is 6.31. The van der Waals surface area contributed by atoms with E-state index in [2.05, 4.69) is 15.7 Å². The zero-order valence-electron chi connectivity index (χ0n) is 18.1. The van der Waals surface area contributed by atoms with Gasteiger partial charge in [0.15, 0.2) is 0 Å². The number of carbonyl (C=O) groups is 2. The molecule has 172 valence electrons. The monoisotopic (exact) mass is 461 g/mol. The highest BCUT2D eigenvalue weighted by atomic mass is 32.2. The summed E-state index contributed by atoms with van der Waals surface area (Å²) < 4.78 is 34.2. The van der Waals surface area contributed by atoms with Gasteiger partial charge in [0.1, 0.15) is 11.4 Å². The third-order valence-corrected chi connectivity index (χ3v) is 7.65. The summed E-state index contributed by atoms with van der Waals surface area (Å²) in [6.07, 6.45) is 1.99. The van der Waals surface area contributed by atoms with E-state index in [0.717, 1.165) is 12.8 Å². The third-order valence-electron chi connectivity index (χ3n) is 5.50. The second-order valence-corrected chi connectivity index (χ2v) is 9.93. The summed E-state index contributed by atoms with van der Waals surface area (Å²) in [4.78, 5) is 25.0. The summed E-state index contributed by atoms with van der Waals surface area (Å²) in [5, 5.41) is 9.96. The van der Waals surface area contributed by atoms with Gasteiger partial charge in [0.2, 0.25) is 15.9 Å². The standard InChI is InChI=1S/C21H27N5O5S/c1-14-20(32(29,30)25-8-10-31-11-9-25)15(2)26(24-14)13-19(27)22-18-5-3-4-16(12-18)21(28)23-17-6-7-17/h3-5,12,17H,6-11,13H2,1-2H3,(H,22,27)(H,23,28). The maximum Gasteiger partial charge on any atom is 0.251 e. The Morgan fingerprint density at radius 2 is 1.91 bits per heavy atom. The molecular formula is C21H27N5O5S. The summed E-state index contributed by atoms with van der Waals surface area (Å²) in [6, 6.07) is 6.95. The third kappa shape index (κ3) is 4.84. The van der Waals surface area contributed by atoms with Gasteiger partial charge >= 0.3 is 0 Å². The van der Waals surface area contributed by atoms with Crippen LogP contribution in [0.25, 0.3) is 0 Å². The number of benzene rings is 1. The fraction of sp³-hybridized carbons (Fsp3) is 0.476. The topological polar surface area (TPSA) is 123 Å². The van der Waals surface area contributed by atoms with Crippen molar-refractivity contribution in [3.63, 3.8) is 0 Å². The number of rotatable bonds is 7. The van der Waals surface area contributed by atoms with Gasteiger partial charge in [-0.1, -0.05) is 6.07 Å². The van der Waals surface area contributed by atoms with E-state index in [1.165, 1.54) is 8.99 Å². The summed E-state index contributed by atoms with van der Waals surface area (Å²) >= 11 is 0. The normalized spacial score (nSPS) is 17.2. The van der Waals surface area contributed by atoms with Crippen molar-refractivity contribution in [3.8, 4) is 0 Å². The molecule has 2 amide bonds. The van der Waals surface area contributed by atoms with Crippen LogP contribution in [0.15, 0.2) is 29.2 Å². The zero-order chi connectivity index (χ0) is 22.9. The Morgan fingerprint density at radius 3 is 2.59 bits per heavy atom.